The van der Waals surface area contributed by atoms with Gasteiger partial charge in [-0.05, 0) is 45.1 Å². The molecule has 5 nitrogen and oxygen atoms in total. The minimum absolute atomic E-state index is 0.157. The van der Waals surface area contributed by atoms with Crippen molar-refractivity contribution >= 4 is 6.03 Å². The zero-order valence-corrected chi connectivity index (χ0v) is 12.7. The van der Waals surface area contributed by atoms with E-state index in [2.05, 4.69) is 22.5 Å². The van der Waals surface area contributed by atoms with E-state index >= 15 is 0 Å². The van der Waals surface area contributed by atoms with Gasteiger partial charge in [-0.15, -0.1) is 0 Å². The molecule has 3 N–H and O–H groups in total. The van der Waals surface area contributed by atoms with Crippen LogP contribution in [-0.4, -0.2) is 53.9 Å². The summed E-state index contributed by atoms with van der Waals surface area (Å²) in [6.07, 6.45) is 7.76. The van der Waals surface area contributed by atoms with Crippen LogP contribution in [0.25, 0.3) is 0 Å². The maximum atomic E-state index is 11.7. The number of nitrogens with zero attached hydrogens (tertiary/aromatic N) is 1. The highest BCUT2D eigenvalue weighted by atomic mass is 16.3. The average molecular weight is 283 g/mol. The summed E-state index contributed by atoms with van der Waals surface area (Å²) in [6.45, 7) is 5.38. The number of nitrogens with one attached hydrogen (secondary N) is 2. The number of carbonyl (C=O) groups is 1. The summed E-state index contributed by atoms with van der Waals surface area (Å²) in [5, 5.41) is 15.6. The smallest absolute Gasteiger partial charge is 0.314 e. The molecule has 2 rings (SSSR count). The van der Waals surface area contributed by atoms with Crippen LogP contribution >= 0.6 is 0 Å². The van der Waals surface area contributed by atoms with Gasteiger partial charge in [0.25, 0.3) is 0 Å². The van der Waals surface area contributed by atoms with E-state index in [1.54, 1.807) is 0 Å². The molecule has 116 valence electrons. The van der Waals surface area contributed by atoms with Gasteiger partial charge in [-0.25, -0.2) is 4.79 Å². The van der Waals surface area contributed by atoms with Crippen molar-refractivity contribution in [3.63, 3.8) is 0 Å². The van der Waals surface area contributed by atoms with Crippen molar-refractivity contribution in [1.82, 2.24) is 15.5 Å². The Morgan fingerprint density at radius 1 is 1.30 bits per heavy atom. The monoisotopic (exact) mass is 283 g/mol. The van der Waals surface area contributed by atoms with Gasteiger partial charge in [0, 0.05) is 25.7 Å². The number of urea groups is 1. The highest BCUT2D eigenvalue weighted by Crippen LogP contribution is 2.30. The Morgan fingerprint density at radius 3 is 2.75 bits per heavy atom. The predicted molar refractivity (Wildman–Crippen MR) is 79.7 cm³/mol. The lowest BCUT2D eigenvalue weighted by Gasteiger charge is -2.36. The van der Waals surface area contributed by atoms with E-state index in [1.807, 2.05) is 0 Å². The molecule has 0 bridgehead atoms. The van der Waals surface area contributed by atoms with E-state index in [0.717, 1.165) is 32.4 Å². The molecule has 1 heterocycles. The largest absolute Gasteiger partial charge is 0.388 e. The van der Waals surface area contributed by atoms with E-state index in [4.69, 9.17) is 0 Å². The Morgan fingerprint density at radius 2 is 2.10 bits per heavy atom. The fourth-order valence-corrected chi connectivity index (χ4v) is 3.20. The topological polar surface area (TPSA) is 64.6 Å². The van der Waals surface area contributed by atoms with Crippen LogP contribution in [-0.2, 0) is 0 Å². The molecule has 0 aromatic heterocycles. The van der Waals surface area contributed by atoms with Crippen LogP contribution in [0.3, 0.4) is 0 Å². The van der Waals surface area contributed by atoms with Gasteiger partial charge in [-0.1, -0.05) is 13.3 Å². The molecule has 0 radical (unpaired) electrons. The van der Waals surface area contributed by atoms with Crippen LogP contribution in [0.4, 0.5) is 4.79 Å². The molecule has 0 spiro atoms. The number of likely N-dealkylation sites (tertiary alicyclic amines) is 1. The molecule has 1 aliphatic heterocycles. The van der Waals surface area contributed by atoms with E-state index in [1.165, 1.54) is 25.7 Å². The molecule has 20 heavy (non-hydrogen) atoms. The van der Waals surface area contributed by atoms with E-state index < -0.39 is 5.60 Å². The molecule has 1 aliphatic carbocycles. The molecule has 1 saturated carbocycles. The summed E-state index contributed by atoms with van der Waals surface area (Å²) in [5.41, 5.74) is -0.641. The molecule has 1 unspecified atom stereocenters. The first-order valence-corrected chi connectivity index (χ1v) is 8.11. The molecule has 1 atom stereocenters. The van der Waals surface area contributed by atoms with Crippen molar-refractivity contribution < 1.29 is 9.90 Å². The normalized spacial score (nSPS) is 25.8. The lowest BCUT2D eigenvalue weighted by molar-refractivity contribution is -0.0290. The maximum Gasteiger partial charge on any atom is 0.314 e. The van der Waals surface area contributed by atoms with Crippen molar-refractivity contribution in [3.8, 4) is 0 Å². The van der Waals surface area contributed by atoms with Crippen LogP contribution < -0.4 is 10.6 Å². The second-order valence-corrected chi connectivity index (χ2v) is 6.28. The number of amides is 2. The lowest BCUT2D eigenvalue weighted by atomic mass is 9.80. The molecular weight excluding hydrogens is 254 g/mol. The van der Waals surface area contributed by atoms with E-state index in [9.17, 15) is 9.90 Å². The van der Waals surface area contributed by atoms with Gasteiger partial charge in [0.2, 0.25) is 0 Å². The molecule has 1 saturated heterocycles. The fourth-order valence-electron chi connectivity index (χ4n) is 3.20. The Kier molecular flexibility index (Phi) is 5.66. The number of piperidine rings is 1. The molecule has 2 amide bonds. The number of aliphatic hydroxyl groups is 1. The second-order valence-electron chi connectivity index (χ2n) is 6.28. The lowest BCUT2D eigenvalue weighted by Crippen LogP contribution is -2.51. The number of hydrogen-bond donors (Lipinski definition) is 3. The first-order chi connectivity index (χ1) is 9.63. The average Bonchev–Trinajstić information content (AvgIpc) is 2.43. The van der Waals surface area contributed by atoms with Gasteiger partial charge < -0.3 is 15.7 Å². The number of hydrogen-bond acceptors (Lipinski definition) is 3. The SMILES string of the molecule is CCC1CCCCN1CCNC(=O)NCC1(O)CCC1. The van der Waals surface area contributed by atoms with E-state index in [-0.39, 0.29) is 6.03 Å². The van der Waals surface area contributed by atoms with E-state index in [0.29, 0.717) is 19.1 Å². The summed E-state index contributed by atoms with van der Waals surface area (Å²) in [6, 6.07) is 0.527. The van der Waals surface area contributed by atoms with Gasteiger partial charge >= 0.3 is 6.03 Å². The summed E-state index contributed by atoms with van der Waals surface area (Å²) in [7, 11) is 0. The maximum absolute atomic E-state index is 11.7. The minimum Gasteiger partial charge on any atom is -0.388 e. The van der Waals surface area contributed by atoms with Crippen molar-refractivity contribution in [2.45, 2.75) is 63.5 Å². The summed E-state index contributed by atoms with van der Waals surface area (Å²) < 4.78 is 0. The molecule has 0 aromatic carbocycles. The van der Waals surface area contributed by atoms with Gasteiger partial charge in [0.05, 0.1) is 5.60 Å². The van der Waals surface area contributed by atoms with Gasteiger partial charge in [-0.3, -0.25) is 4.90 Å². The zero-order valence-electron chi connectivity index (χ0n) is 12.7. The summed E-state index contributed by atoms with van der Waals surface area (Å²) in [4.78, 5) is 14.2. The number of rotatable bonds is 6. The highest BCUT2D eigenvalue weighted by Gasteiger charge is 2.34. The second kappa shape index (κ2) is 7.27. The summed E-state index contributed by atoms with van der Waals surface area (Å²) in [5.74, 6) is 0. The Labute approximate surface area is 122 Å². The molecule has 2 aliphatic rings. The third-order valence-electron chi connectivity index (χ3n) is 4.77. The quantitative estimate of drug-likeness (QED) is 0.691. The van der Waals surface area contributed by atoms with Gasteiger partial charge in [0.15, 0.2) is 0 Å². The molecule has 0 aromatic rings. The van der Waals surface area contributed by atoms with Crippen LogP contribution in [0.2, 0.25) is 0 Å². The van der Waals surface area contributed by atoms with Crippen molar-refractivity contribution in [1.29, 1.82) is 0 Å². The first kappa shape index (κ1) is 15.6. The Balaban J connectivity index is 1.58. The van der Waals surface area contributed by atoms with Crippen molar-refractivity contribution in [2.24, 2.45) is 0 Å². The van der Waals surface area contributed by atoms with Gasteiger partial charge in [0.1, 0.15) is 0 Å². The predicted octanol–water partition coefficient (Wildman–Crippen LogP) is 1.47. The number of carbonyl (C=O) groups excluding carboxylic acids is 1. The molecule has 2 fully saturated rings. The molecule has 5 heteroatoms. The van der Waals surface area contributed by atoms with Gasteiger partial charge in [-0.2, -0.15) is 0 Å². The van der Waals surface area contributed by atoms with Crippen LogP contribution in [0.15, 0.2) is 0 Å². The summed E-state index contributed by atoms with van der Waals surface area (Å²) >= 11 is 0. The first-order valence-electron chi connectivity index (χ1n) is 8.11. The van der Waals surface area contributed by atoms with Crippen molar-refractivity contribution in [3.05, 3.63) is 0 Å². The minimum atomic E-state index is -0.641. The van der Waals surface area contributed by atoms with Crippen LogP contribution in [0, 0.1) is 0 Å². The zero-order chi connectivity index (χ0) is 14.4. The molecular formula is C15H29N3O2. The van der Waals surface area contributed by atoms with Crippen molar-refractivity contribution in [2.75, 3.05) is 26.2 Å². The van der Waals surface area contributed by atoms with Crippen LogP contribution in [0.1, 0.15) is 51.9 Å². The van der Waals surface area contributed by atoms with Crippen LogP contribution in [0.5, 0.6) is 0 Å². The fraction of sp³-hybridized carbons (Fsp3) is 0.933. The third kappa shape index (κ3) is 4.35. The Bertz CT molecular complexity index is 318. The highest BCUT2D eigenvalue weighted by molar-refractivity contribution is 5.73. The third-order valence-corrected chi connectivity index (χ3v) is 4.77. The standard InChI is InChI=1S/C15H29N3O2/c1-2-13-6-3-4-10-18(13)11-9-16-14(19)17-12-15(20)7-5-8-15/h13,20H,2-12H2,1H3,(H2,16,17,19). The Hall–Kier alpha value is -0.810.